The third-order valence-corrected chi connectivity index (χ3v) is 5.33. The van der Waals surface area contributed by atoms with Crippen molar-refractivity contribution in [2.45, 2.75) is 77.7 Å². The van der Waals surface area contributed by atoms with Crippen molar-refractivity contribution >= 4 is 29.7 Å². The van der Waals surface area contributed by atoms with Crippen LogP contribution in [0.3, 0.4) is 0 Å². The lowest BCUT2D eigenvalue weighted by Crippen LogP contribution is -2.50. The molecule has 0 unspecified atom stereocenters. The van der Waals surface area contributed by atoms with Gasteiger partial charge in [-0.15, -0.1) is 11.8 Å². The number of thioether (sulfide) groups is 1. The monoisotopic (exact) mass is 415 g/mol. The third kappa shape index (κ3) is 9.66. The molecule has 8 heteroatoms. The lowest BCUT2D eigenvalue weighted by molar-refractivity contribution is -0.136. The van der Waals surface area contributed by atoms with E-state index in [-0.39, 0.29) is 17.1 Å². The van der Waals surface area contributed by atoms with Crippen LogP contribution in [-0.2, 0) is 14.3 Å². The maximum absolute atomic E-state index is 13.0. The van der Waals surface area contributed by atoms with E-state index in [2.05, 4.69) is 24.5 Å². The fourth-order valence-electron chi connectivity index (χ4n) is 2.89. The van der Waals surface area contributed by atoms with Gasteiger partial charge in [-0.25, -0.2) is 4.79 Å². The van der Waals surface area contributed by atoms with Crippen molar-refractivity contribution < 1.29 is 19.1 Å². The third-order valence-electron chi connectivity index (χ3n) is 4.20. The summed E-state index contributed by atoms with van der Waals surface area (Å²) in [6.45, 7) is 13.4. The van der Waals surface area contributed by atoms with Gasteiger partial charge in [0.2, 0.25) is 11.8 Å². The fraction of sp³-hybridized carbons (Fsp3) is 0.850. The summed E-state index contributed by atoms with van der Waals surface area (Å²) in [4.78, 5) is 38.9. The topological polar surface area (TPSA) is 87.7 Å². The number of ether oxygens (including phenoxy) is 1. The van der Waals surface area contributed by atoms with Gasteiger partial charge in [-0.3, -0.25) is 9.59 Å². The zero-order valence-corrected chi connectivity index (χ0v) is 19.0. The van der Waals surface area contributed by atoms with Crippen LogP contribution in [0.1, 0.15) is 60.8 Å². The highest BCUT2D eigenvalue weighted by atomic mass is 32.2. The highest BCUT2D eigenvalue weighted by Gasteiger charge is 2.29. The second kappa shape index (κ2) is 11.5. The van der Waals surface area contributed by atoms with Crippen molar-refractivity contribution in [2.75, 3.05) is 25.4 Å². The van der Waals surface area contributed by atoms with Crippen LogP contribution in [0.5, 0.6) is 0 Å². The molecule has 0 bridgehead atoms. The summed E-state index contributed by atoms with van der Waals surface area (Å²) >= 11 is 1.58. The molecule has 1 rings (SSSR count). The molecular weight excluding hydrogens is 378 g/mol. The largest absolute Gasteiger partial charge is 0.444 e. The second-order valence-electron chi connectivity index (χ2n) is 8.68. The van der Waals surface area contributed by atoms with Crippen LogP contribution in [0.15, 0.2) is 0 Å². The quantitative estimate of drug-likeness (QED) is 0.624. The van der Waals surface area contributed by atoms with Crippen molar-refractivity contribution in [2.24, 2.45) is 5.92 Å². The molecular formula is C20H37N3O4S. The summed E-state index contributed by atoms with van der Waals surface area (Å²) in [5.41, 5.74) is -0.521. The van der Waals surface area contributed by atoms with Crippen molar-refractivity contribution in [3.63, 3.8) is 0 Å². The number of rotatable bonds is 7. The van der Waals surface area contributed by atoms with Gasteiger partial charge in [0.1, 0.15) is 11.6 Å². The van der Waals surface area contributed by atoms with Gasteiger partial charge in [0.05, 0.1) is 5.25 Å². The molecule has 1 heterocycles. The first-order chi connectivity index (χ1) is 13.0. The molecule has 7 nitrogen and oxygen atoms in total. The van der Waals surface area contributed by atoms with E-state index in [1.54, 1.807) is 11.8 Å². The van der Waals surface area contributed by atoms with Crippen LogP contribution in [-0.4, -0.2) is 65.1 Å². The summed E-state index contributed by atoms with van der Waals surface area (Å²) in [6, 6.07) is -0.506. The number of unbranched alkanes of at least 4 members (excludes halogenated alkanes) is 1. The Morgan fingerprint density at radius 3 is 2.61 bits per heavy atom. The SMILES string of the molecule is CC(C)CN1CCS[C@H](C)C(=O)N[C@@H](CCCCNC(=O)OC(C)(C)C)C1=O. The average Bonchev–Trinajstić information content (AvgIpc) is 2.59. The highest BCUT2D eigenvalue weighted by molar-refractivity contribution is 8.00. The molecule has 1 aliphatic heterocycles. The molecule has 28 heavy (non-hydrogen) atoms. The fourth-order valence-corrected chi connectivity index (χ4v) is 3.79. The zero-order chi connectivity index (χ0) is 21.3. The number of nitrogens with zero attached hydrogens (tertiary/aromatic N) is 1. The van der Waals surface area contributed by atoms with Gasteiger partial charge in [0.25, 0.3) is 0 Å². The summed E-state index contributed by atoms with van der Waals surface area (Å²) in [7, 11) is 0. The first-order valence-corrected chi connectivity index (χ1v) is 11.2. The normalized spacial score (nSPS) is 21.6. The van der Waals surface area contributed by atoms with E-state index < -0.39 is 17.7 Å². The van der Waals surface area contributed by atoms with E-state index in [9.17, 15) is 14.4 Å². The van der Waals surface area contributed by atoms with Crippen molar-refractivity contribution in [1.29, 1.82) is 0 Å². The van der Waals surface area contributed by atoms with Crippen LogP contribution in [0, 0.1) is 5.92 Å². The Morgan fingerprint density at radius 2 is 2.00 bits per heavy atom. The minimum absolute atomic E-state index is 0.00292. The molecule has 2 atom stereocenters. The highest BCUT2D eigenvalue weighted by Crippen LogP contribution is 2.17. The smallest absolute Gasteiger partial charge is 0.407 e. The van der Waals surface area contributed by atoms with E-state index in [0.717, 1.165) is 12.2 Å². The Morgan fingerprint density at radius 1 is 1.32 bits per heavy atom. The van der Waals surface area contributed by atoms with E-state index in [1.165, 1.54) is 0 Å². The van der Waals surface area contributed by atoms with Gasteiger partial charge in [-0.05, 0) is 52.9 Å². The minimum Gasteiger partial charge on any atom is -0.444 e. The minimum atomic E-state index is -0.521. The maximum Gasteiger partial charge on any atom is 0.407 e. The van der Waals surface area contributed by atoms with E-state index >= 15 is 0 Å². The number of hydrogen-bond donors (Lipinski definition) is 2. The summed E-state index contributed by atoms with van der Waals surface area (Å²) in [5, 5.41) is 5.49. The zero-order valence-electron chi connectivity index (χ0n) is 18.2. The summed E-state index contributed by atoms with van der Waals surface area (Å²) in [5.74, 6) is 1.06. The molecule has 1 aliphatic rings. The van der Waals surface area contributed by atoms with E-state index in [1.807, 2.05) is 32.6 Å². The second-order valence-corrected chi connectivity index (χ2v) is 10.1. The van der Waals surface area contributed by atoms with Crippen molar-refractivity contribution in [3.05, 3.63) is 0 Å². The number of alkyl carbamates (subject to hydrolysis) is 1. The molecule has 162 valence electrons. The van der Waals surface area contributed by atoms with Gasteiger partial charge >= 0.3 is 6.09 Å². The Kier molecular flexibility index (Phi) is 10.1. The van der Waals surface area contributed by atoms with Crippen LogP contribution in [0.25, 0.3) is 0 Å². The van der Waals surface area contributed by atoms with Gasteiger partial charge in [0, 0.05) is 25.4 Å². The maximum atomic E-state index is 13.0. The number of nitrogens with one attached hydrogen (secondary N) is 2. The average molecular weight is 416 g/mol. The lowest BCUT2D eigenvalue weighted by Gasteiger charge is -2.28. The Bertz CT molecular complexity index is 534. The van der Waals surface area contributed by atoms with Gasteiger partial charge in [0.15, 0.2) is 0 Å². The molecule has 3 amide bonds. The summed E-state index contributed by atoms with van der Waals surface area (Å²) < 4.78 is 5.20. The molecule has 2 N–H and O–H groups in total. The van der Waals surface area contributed by atoms with Crippen LogP contribution >= 0.6 is 11.8 Å². The summed E-state index contributed by atoms with van der Waals surface area (Å²) in [6.07, 6.45) is 1.57. The van der Waals surface area contributed by atoms with Crippen molar-refractivity contribution in [3.8, 4) is 0 Å². The Labute approximate surface area is 173 Å². The molecule has 0 aromatic heterocycles. The van der Waals surface area contributed by atoms with Crippen LogP contribution < -0.4 is 10.6 Å². The standard InChI is InChI=1S/C20H37N3O4S/c1-14(2)13-23-11-12-28-15(3)17(24)22-16(18(23)25)9-7-8-10-21-19(26)27-20(4,5)6/h14-16H,7-13H2,1-6H3,(H,21,26)(H,22,24)/t15-,16+/m1/s1. The van der Waals surface area contributed by atoms with E-state index in [4.69, 9.17) is 4.74 Å². The molecule has 1 saturated heterocycles. The van der Waals surface area contributed by atoms with Gasteiger partial charge in [-0.1, -0.05) is 13.8 Å². The molecule has 0 spiro atoms. The Balaban J connectivity index is 2.56. The number of carbonyl (C=O) groups excluding carboxylic acids is 3. The number of carbonyl (C=O) groups is 3. The molecule has 0 aromatic carbocycles. The predicted octanol–water partition coefficient (Wildman–Crippen LogP) is 2.79. The first-order valence-electron chi connectivity index (χ1n) is 10.2. The molecule has 1 fully saturated rings. The van der Waals surface area contributed by atoms with Gasteiger partial charge in [-0.2, -0.15) is 0 Å². The predicted molar refractivity (Wildman–Crippen MR) is 113 cm³/mol. The number of hydrogen-bond acceptors (Lipinski definition) is 5. The van der Waals surface area contributed by atoms with Crippen molar-refractivity contribution in [1.82, 2.24) is 15.5 Å². The Hall–Kier alpha value is -1.44. The van der Waals surface area contributed by atoms with E-state index in [0.29, 0.717) is 38.4 Å². The number of amides is 3. The van der Waals surface area contributed by atoms with Crippen LogP contribution in [0.2, 0.25) is 0 Å². The molecule has 0 saturated carbocycles. The molecule has 0 aliphatic carbocycles. The first kappa shape index (κ1) is 24.6. The van der Waals surface area contributed by atoms with Crippen LogP contribution in [0.4, 0.5) is 4.79 Å². The van der Waals surface area contributed by atoms with Gasteiger partial charge < -0.3 is 20.3 Å². The lowest BCUT2D eigenvalue weighted by atomic mass is 10.1. The molecule has 0 aromatic rings. The molecule has 0 radical (unpaired) electrons.